The average Bonchev–Trinajstić information content (AvgIpc) is 2.40. The van der Waals surface area contributed by atoms with Crippen LogP contribution in [-0.2, 0) is 0 Å². The Kier molecular flexibility index (Phi) is 4.18. The Labute approximate surface area is 107 Å². The number of aromatic nitrogens is 1. The van der Waals surface area contributed by atoms with E-state index in [2.05, 4.69) is 17.2 Å². The molecule has 1 aromatic rings. The van der Waals surface area contributed by atoms with Crippen molar-refractivity contribution in [2.75, 3.05) is 5.32 Å². The Hall–Kier alpha value is -1.58. The van der Waals surface area contributed by atoms with Gasteiger partial charge in [0, 0.05) is 6.04 Å². The summed E-state index contributed by atoms with van der Waals surface area (Å²) >= 11 is 0. The van der Waals surface area contributed by atoms with Gasteiger partial charge in [0.05, 0.1) is 0 Å². The van der Waals surface area contributed by atoms with Gasteiger partial charge in [-0.25, -0.2) is 9.78 Å². The van der Waals surface area contributed by atoms with Crippen LogP contribution in [0.15, 0.2) is 18.2 Å². The summed E-state index contributed by atoms with van der Waals surface area (Å²) in [7, 11) is 0. The van der Waals surface area contributed by atoms with Crippen molar-refractivity contribution in [1.82, 2.24) is 4.98 Å². The fourth-order valence-electron chi connectivity index (χ4n) is 2.56. The van der Waals surface area contributed by atoms with Gasteiger partial charge in [-0.05, 0) is 43.7 Å². The van der Waals surface area contributed by atoms with Gasteiger partial charge in [-0.15, -0.1) is 0 Å². The Morgan fingerprint density at radius 1 is 1.39 bits per heavy atom. The molecule has 1 fully saturated rings. The highest BCUT2D eigenvalue weighted by Gasteiger charge is 2.20. The third kappa shape index (κ3) is 3.22. The molecule has 1 heterocycles. The molecule has 4 nitrogen and oxygen atoms in total. The number of carboxylic acids is 1. The molecule has 0 saturated heterocycles. The number of hydrogen-bond acceptors (Lipinski definition) is 3. The van der Waals surface area contributed by atoms with Gasteiger partial charge in [0.15, 0.2) is 5.69 Å². The molecule has 0 atom stereocenters. The topological polar surface area (TPSA) is 62.2 Å². The van der Waals surface area contributed by atoms with Gasteiger partial charge in [0.25, 0.3) is 0 Å². The minimum absolute atomic E-state index is 0.0993. The van der Waals surface area contributed by atoms with Crippen LogP contribution in [0.25, 0.3) is 0 Å². The number of anilines is 1. The van der Waals surface area contributed by atoms with Gasteiger partial charge in [0.1, 0.15) is 5.82 Å². The van der Waals surface area contributed by atoms with E-state index in [1.165, 1.54) is 25.3 Å². The maximum atomic E-state index is 10.8. The second kappa shape index (κ2) is 5.85. The Bertz CT molecular complexity index is 412. The van der Waals surface area contributed by atoms with Crippen LogP contribution in [-0.4, -0.2) is 22.1 Å². The maximum Gasteiger partial charge on any atom is 0.354 e. The number of carboxylic acid groups (broad SMARTS) is 1. The van der Waals surface area contributed by atoms with E-state index in [0.29, 0.717) is 11.9 Å². The number of pyridine rings is 1. The molecule has 2 N–H and O–H groups in total. The third-order valence-electron chi connectivity index (χ3n) is 3.74. The van der Waals surface area contributed by atoms with E-state index < -0.39 is 5.97 Å². The van der Waals surface area contributed by atoms with Crippen molar-refractivity contribution < 1.29 is 9.90 Å². The van der Waals surface area contributed by atoms with Crippen molar-refractivity contribution in [3.63, 3.8) is 0 Å². The summed E-state index contributed by atoms with van der Waals surface area (Å²) in [5.41, 5.74) is 0.0993. The first-order chi connectivity index (χ1) is 8.69. The highest BCUT2D eigenvalue weighted by Crippen LogP contribution is 2.28. The van der Waals surface area contributed by atoms with Crippen molar-refractivity contribution in [2.45, 2.75) is 45.1 Å². The largest absolute Gasteiger partial charge is 0.477 e. The number of nitrogens with one attached hydrogen (secondary N) is 1. The van der Waals surface area contributed by atoms with E-state index >= 15 is 0 Å². The van der Waals surface area contributed by atoms with Crippen LogP contribution in [0.1, 0.15) is 49.5 Å². The molecule has 0 spiro atoms. The van der Waals surface area contributed by atoms with Crippen LogP contribution in [0, 0.1) is 5.92 Å². The zero-order chi connectivity index (χ0) is 13.0. The number of hydrogen-bond donors (Lipinski definition) is 2. The van der Waals surface area contributed by atoms with Crippen LogP contribution < -0.4 is 5.32 Å². The highest BCUT2D eigenvalue weighted by molar-refractivity contribution is 5.85. The fraction of sp³-hybridized carbons (Fsp3) is 0.571. The first-order valence-electron chi connectivity index (χ1n) is 6.66. The van der Waals surface area contributed by atoms with Gasteiger partial charge in [0.2, 0.25) is 0 Å². The molecule has 0 aromatic carbocycles. The molecule has 1 aromatic heterocycles. The number of nitrogens with zero attached hydrogens (tertiary/aromatic N) is 1. The first kappa shape index (κ1) is 12.9. The van der Waals surface area contributed by atoms with E-state index in [-0.39, 0.29) is 5.69 Å². The minimum atomic E-state index is -0.978. The molecule has 98 valence electrons. The predicted molar refractivity (Wildman–Crippen MR) is 70.9 cm³/mol. The normalized spacial score (nSPS) is 23.6. The third-order valence-corrected chi connectivity index (χ3v) is 3.74. The van der Waals surface area contributed by atoms with E-state index in [9.17, 15) is 4.79 Å². The summed E-state index contributed by atoms with van der Waals surface area (Å²) < 4.78 is 0. The van der Waals surface area contributed by atoms with E-state index in [4.69, 9.17) is 5.11 Å². The molecular weight excluding hydrogens is 228 g/mol. The average molecular weight is 248 g/mol. The quantitative estimate of drug-likeness (QED) is 0.859. The molecule has 0 radical (unpaired) electrons. The Balaban J connectivity index is 1.94. The van der Waals surface area contributed by atoms with E-state index in [1.807, 2.05) is 6.07 Å². The van der Waals surface area contributed by atoms with Crippen molar-refractivity contribution in [2.24, 2.45) is 5.92 Å². The molecule has 0 bridgehead atoms. The molecule has 0 unspecified atom stereocenters. The van der Waals surface area contributed by atoms with Crippen molar-refractivity contribution in [3.8, 4) is 0 Å². The smallest absolute Gasteiger partial charge is 0.354 e. The van der Waals surface area contributed by atoms with Gasteiger partial charge < -0.3 is 10.4 Å². The predicted octanol–water partition coefficient (Wildman–Crippen LogP) is 3.16. The SMILES string of the molecule is CCC1CCC(Nc2cccc(C(=O)O)n2)CC1. The minimum Gasteiger partial charge on any atom is -0.477 e. The van der Waals surface area contributed by atoms with Crippen molar-refractivity contribution in [1.29, 1.82) is 0 Å². The molecule has 1 aliphatic rings. The Morgan fingerprint density at radius 2 is 2.11 bits per heavy atom. The van der Waals surface area contributed by atoms with Crippen LogP contribution in [0.2, 0.25) is 0 Å². The molecule has 0 aliphatic heterocycles. The lowest BCUT2D eigenvalue weighted by atomic mass is 9.84. The number of rotatable bonds is 4. The highest BCUT2D eigenvalue weighted by atomic mass is 16.4. The Morgan fingerprint density at radius 3 is 2.72 bits per heavy atom. The standard InChI is InChI=1S/C14H20N2O2/c1-2-10-6-8-11(9-7-10)15-13-5-3-4-12(16-13)14(17)18/h3-5,10-11H,2,6-9H2,1H3,(H,15,16)(H,17,18). The monoisotopic (exact) mass is 248 g/mol. The van der Waals surface area contributed by atoms with Gasteiger partial charge in [-0.3, -0.25) is 0 Å². The second-order valence-corrected chi connectivity index (χ2v) is 4.98. The van der Waals surface area contributed by atoms with Crippen molar-refractivity contribution in [3.05, 3.63) is 23.9 Å². The lowest BCUT2D eigenvalue weighted by Gasteiger charge is -2.28. The second-order valence-electron chi connectivity index (χ2n) is 4.98. The molecule has 18 heavy (non-hydrogen) atoms. The summed E-state index contributed by atoms with van der Waals surface area (Å²) in [6.45, 7) is 2.25. The summed E-state index contributed by atoms with van der Waals surface area (Å²) in [5.74, 6) is 0.560. The van der Waals surface area contributed by atoms with Crippen molar-refractivity contribution >= 4 is 11.8 Å². The van der Waals surface area contributed by atoms with Crippen LogP contribution in [0.4, 0.5) is 5.82 Å². The van der Waals surface area contributed by atoms with E-state index in [0.717, 1.165) is 18.8 Å². The maximum absolute atomic E-state index is 10.8. The zero-order valence-corrected chi connectivity index (χ0v) is 10.7. The first-order valence-corrected chi connectivity index (χ1v) is 6.66. The lowest BCUT2D eigenvalue weighted by Crippen LogP contribution is -2.26. The van der Waals surface area contributed by atoms with Gasteiger partial charge in [-0.2, -0.15) is 0 Å². The summed E-state index contributed by atoms with van der Waals surface area (Å²) in [6, 6.07) is 5.51. The molecule has 1 aliphatic carbocycles. The van der Waals surface area contributed by atoms with E-state index in [1.54, 1.807) is 6.07 Å². The van der Waals surface area contributed by atoms with Crippen LogP contribution in [0.3, 0.4) is 0 Å². The molecular formula is C14H20N2O2. The van der Waals surface area contributed by atoms with Crippen LogP contribution in [0.5, 0.6) is 0 Å². The molecule has 4 heteroatoms. The fourth-order valence-corrected chi connectivity index (χ4v) is 2.56. The number of carbonyl (C=O) groups is 1. The van der Waals surface area contributed by atoms with Gasteiger partial charge >= 0.3 is 5.97 Å². The lowest BCUT2D eigenvalue weighted by molar-refractivity contribution is 0.0690. The number of aromatic carboxylic acids is 1. The van der Waals surface area contributed by atoms with Gasteiger partial charge in [-0.1, -0.05) is 19.4 Å². The molecule has 0 amide bonds. The van der Waals surface area contributed by atoms with Crippen LogP contribution >= 0.6 is 0 Å². The zero-order valence-electron chi connectivity index (χ0n) is 10.7. The summed E-state index contributed by atoms with van der Waals surface area (Å²) in [5, 5.41) is 12.2. The summed E-state index contributed by atoms with van der Waals surface area (Å²) in [6.07, 6.45) is 6.08. The summed E-state index contributed by atoms with van der Waals surface area (Å²) in [4.78, 5) is 14.9. The molecule has 1 saturated carbocycles. The molecule has 2 rings (SSSR count).